The molecule has 17 heavy (non-hydrogen) atoms. The summed E-state index contributed by atoms with van der Waals surface area (Å²) in [6.45, 7) is 4.25. The zero-order valence-corrected chi connectivity index (χ0v) is 11.2. The molecule has 0 aliphatic rings. The summed E-state index contributed by atoms with van der Waals surface area (Å²) in [5, 5.41) is 0. The summed E-state index contributed by atoms with van der Waals surface area (Å²) in [6.07, 6.45) is 1.28. The second kappa shape index (κ2) is 5.71. The molecule has 0 aromatic heterocycles. The third kappa shape index (κ3) is 3.77. The van der Waals surface area contributed by atoms with Crippen LogP contribution in [0.1, 0.15) is 37.3 Å². The highest BCUT2D eigenvalue weighted by atomic mass is 16.2. The van der Waals surface area contributed by atoms with Gasteiger partial charge in [0.1, 0.15) is 0 Å². The van der Waals surface area contributed by atoms with Crippen molar-refractivity contribution in [3.05, 3.63) is 29.3 Å². The highest BCUT2D eigenvalue weighted by Crippen LogP contribution is 2.23. The van der Waals surface area contributed by atoms with Gasteiger partial charge in [0, 0.05) is 26.2 Å². The molecule has 0 unspecified atom stereocenters. The molecule has 0 saturated carbocycles. The molecule has 1 amide bonds. The monoisotopic (exact) mass is 234 g/mol. The lowest BCUT2D eigenvalue weighted by molar-refractivity contribution is -0.128. The summed E-state index contributed by atoms with van der Waals surface area (Å²) < 4.78 is 0. The summed E-state index contributed by atoms with van der Waals surface area (Å²) in [6, 6.07) is 6.11. The summed E-state index contributed by atoms with van der Waals surface area (Å²) in [5.41, 5.74) is 9.12. The van der Waals surface area contributed by atoms with E-state index in [0.29, 0.717) is 12.3 Å². The van der Waals surface area contributed by atoms with Crippen molar-refractivity contribution in [1.29, 1.82) is 0 Å². The summed E-state index contributed by atoms with van der Waals surface area (Å²) in [5.74, 6) is 0.587. The van der Waals surface area contributed by atoms with E-state index in [9.17, 15) is 4.79 Å². The van der Waals surface area contributed by atoms with Crippen LogP contribution in [0, 0.1) is 0 Å². The molecule has 0 atom stereocenters. The van der Waals surface area contributed by atoms with Crippen molar-refractivity contribution in [2.45, 2.75) is 32.6 Å². The van der Waals surface area contributed by atoms with Gasteiger partial charge in [0.05, 0.1) is 0 Å². The Kier molecular flexibility index (Phi) is 4.55. The molecule has 2 N–H and O–H groups in total. The molecule has 3 nitrogen and oxygen atoms in total. The fraction of sp³-hybridized carbons (Fsp3) is 0.500. The molecule has 0 saturated heterocycles. The van der Waals surface area contributed by atoms with Crippen LogP contribution in [0.5, 0.6) is 0 Å². The molecule has 0 bridgehead atoms. The Morgan fingerprint density at radius 2 is 2.00 bits per heavy atom. The smallest absolute Gasteiger partial charge is 0.222 e. The van der Waals surface area contributed by atoms with E-state index >= 15 is 0 Å². The van der Waals surface area contributed by atoms with Crippen LogP contribution in [-0.2, 0) is 11.2 Å². The number of nitrogens with zero attached hydrogens (tertiary/aromatic N) is 1. The Morgan fingerprint density at radius 1 is 1.35 bits per heavy atom. The van der Waals surface area contributed by atoms with Gasteiger partial charge in [0.2, 0.25) is 5.91 Å². The van der Waals surface area contributed by atoms with Crippen molar-refractivity contribution in [2.75, 3.05) is 19.8 Å². The maximum absolute atomic E-state index is 11.5. The predicted molar refractivity (Wildman–Crippen MR) is 72.0 cm³/mol. The second-order valence-corrected chi connectivity index (χ2v) is 4.91. The Bertz CT molecular complexity index is 397. The molecule has 0 radical (unpaired) electrons. The van der Waals surface area contributed by atoms with Gasteiger partial charge in [-0.1, -0.05) is 26.0 Å². The van der Waals surface area contributed by atoms with Crippen LogP contribution >= 0.6 is 0 Å². The fourth-order valence-electron chi connectivity index (χ4n) is 1.78. The number of carbonyl (C=O) groups excluding carboxylic acids is 1. The fourth-order valence-corrected chi connectivity index (χ4v) is 1.78. The Hall–Kier alpha value is -1.51. The predicted octanol–water partition coefficient (Wildman–Crippen LogP) is 2.41. The lowest BCUT2D eigenvalue weighted by Crippen LogP contribution is -2.21. The maximum Gasteiger partial charge on any atom is 0.222 e. The van der Waals surface area contributed by atoms with Crippen molar-refractivity contribution < 1.29 is 4.79 Å². The highest BCUT2D eigenvalue weighted by molar-refractivity contribution is 5.75. The van der Waals surface area contributed by atoms with Gasteiger partial charge < -0.3 is 10.6 Å². The number of hydrogen-bond donors (Lipinski definition) is 1. The van der Waals surface area contributed by atoms with Gasteiger partial charge in [0.15, 0.2) is 0 Å². The van der Waals surface area contributed by atoms with Gasteiger partial charge in [0.25, 0.3) is 0 Å². The molecule has 0 spiro atoms. The minimum absolute atomic E-state index is 0.150. The minimum Gasteiger partial charge on any atom is -0.398 e. The first-order valence-electron chi connectivity index (χ1n) is 6.00. The molecular weight excluding hydrogens is 212 g/mol. The van der Waals surface area contributed by atoms with E-state index in [1.54, 1.807) is 19.0 Å². The first kappa shape index (κ1) is 13.6. The van der Waals surface area contributed by atoms with Gasteiger partial charge in [-0.3, -0.25) is 4.79 Å². The Balaban J connectivity index is 2.68. The zero-order valence-electron chi connectivity index (χ0n) is 11.2. The van der Waals surface area contributed by atoms with E-state index < -0.39 is 0 Å². The topological polar surface area (TPSA) is 46.3 Å². The second-order valence-electron chi connectivity index (χ2n) is 4.91. The van der Waals surface area contributed by atoms with E-state index in [1.165, 1.54) is 5.56 Å². The van der Waals surface area contributed by atoms with E-state index in [0.717, 1.165) is 17.7 Å². The Labute approximate surface area is 104 Å². The number of amides is 1. The molecule has 1 aromatic rings. The standard InChI is InChI=1S/C14H22N2O/c1-10(2)12-7-5-11(9-13(12)15)6-8-14(17)16(3)4/h5,7,9-10H,6,8,15H2,1-4H3. The number of nitrogen functional groups attached to an aromatic ring is 1. The van der Waals surface area contributed by atoms with Gasteiger partial charge in [-0.15, -0.1) is 0 Å². The van der Waals surface area contributed by atoms with Gasteiger partial charge in [-0.25, -0.2) is 0 Å². The van der Waals surface area contributed by atoms with Crippen LogP contribution in [-0.4, -0.2) is 24.9 Å². The number of hydrogen-bond acceptors (Lipinski definition) is 2. The average Bonchev–Trinajstić information content (AvgIpc) is 2.25. The molecule has 3 heteroatoms. The van der Waals surface area contributed by atoms with E-state index in [2.05, 4.69) is 26.0 Å². The highest BCUT2D eigenvalue weighted by Gasteiger charge is 2.07. The average molecular weight is 234 g/mol. The van der Waals surface area contributed by atoms with Crippen molar-refractivity contribution in [2.24, 2.45) is 0 Å². The number of anilines is 1. The lowest BCUT2D eigenvalue weighted by atomic mass is 9.98. The molecule has 1 aromatic carbocycles. The molecule has 0 aliphatic carbocycles. The number of aryl methyl sites for hydroxylation is 1. The first-order valence-corrected chi connectivity index (χ1v) is 6.00. The molecule has 94 valence electrons. The molecule has 0 fully saturated rings. The van der Waals surface area contributed by atoms with Crippen LogP contribution in [0.3, 0.4) is 0 Å². The lowest BCUT2D eigenvalue weighted by Gasteiger charge is -2.12. The molecule has 0 heterocycles. The van der Waals surface area contributed by atoms with Crippen molar-refractivity contribution in [3.8, 4) is 0 Å². The number of carbonyl (C=O) groups is 1. The normalized spacial score (nSPS) is 10.6. The third-order valence-electron chi connectivity index (χ3n) is 2.90. The van der Waals surface area contributed by atoms with Crippen LogP contribution in [0.15, 0.2) is 18.2 Å². The summed E-state index contributed by atoms with van der Waals surface area (Å²) in [4.78, 5) is 13.1. The van der Waals surface area contributed by atoms with Gasteiger partial charge in [-0.2, -0.15) is 0 Å². The van der Waals surface area contributed by atoms with Crippen LogP contribution in [0.2, 0.25) is 0 Å². The van der Waals surface area contributed by atoms with Gasteiger partial charge >= 0.3 is 0 Å². The van der Waals surface area contributed by atoms with Crippen LogP contribution in [0.25, 0.3) is 0 Å². The number of rotatable bonds is 4. The zero-order chi connectivity index (χ0) is 13.0. The van der Waals surface area contributed by atoms with Crippen molar-refractivity contribution in [1.82, 2.24) is 4.90 Å². The van der Waals surface area contributed by atoms with E-state index in [4.69, 9.17) is 5.73 Å². The maximum atomic E-state index is 11.5. The van der Waals surface area contributed by atoms with Crippen molar-refractivity contribution in [3.63, 3.8) is 0 Å². The van der Waals surface area contributed by atoms with Crippen molar-refractivity contribution >= 4 is 11.6 Å². The summed E-state index contributed by atoms with van der Waals surface area (Å²) in [7, 11) is 3.55. The minimum atomic E-state index is 0.150. The van der Waals surface area contributed by atoms with Crippen LogP contribution < -0.4 is 5.73 Å². The molecule has 0 aliphatic heterocycles. The van der Waals surface area contributed by atoms with E-state index in [1.807, 2.05) is 6.07 Å². The van der Waals surface area contributed by atoms with Gasteiger partial charge in [-0.05, 0) is 29.5 Å². The molecular formula is C14H22N2O. The quantitative estimate of drug-likeness (QED) is 0.813. The largest absolute Gasteiger partial charge is 0.398 e. The third-order valence-corrected chi connectivity index (χ3v) is 2.90. The van der Waals surface area contributed by atoms with E-state index in [-0.39, 0.29) is 5.91 Å². The first-order chi connectivity index (χ1) is 7.91. The number of nitrogens with two attached hydrogens (primary N) is 1. The van der Waals surface area contributed by atoms with Crippen LogP contribution in [0.4, 0.5) is 5.69 Å². The number of benzene rings is 1. The Morgan fingerprint density at radius 3 is 2.47 bits per heavy atom. The molecule has 1 rings (SSSR count). The SMILES string of the molecule is CC(C)c1ccc(CCC(=O)N(C)C)cc1N. The summed E-state index contributed by atoms with van der Waals surface area (Å²) >= 11 is 0.